The summed E-state index contributed by atoms with van der Waals surface area (Å²) >= 11 is 1.53. The molecule has 6 heteroatoms. The highest BCUT2D eigenvalue weighted by Gasteiger charge is 2.11. The Hall–Kier alpha value is -3.38. The molecule has 0 bridgehead atoms. The predicted octanol–water partition coefficient (Wildman–Crippen LogP) is 4.58. The number of benzene rings is 3. The topological polar surface area (TPSA) is 70.1 Å². The van der Waals surface area contributed by atoms with Gasteiger partial charge in [0.15, 0.2) is 0 Å². The maximum Gasteiger partial charge on any atom is 0.206 e. The van der Waals surface area contributed by atoms with Gasteiger partial charge < -0.3 is 10.2 Å². The van der Waals surface area contributed by atoms with Crippen LogP contribution in [0.4, 0.5) is 0 Å². The molecule has 4 aromatic rings. The molecule has 3 aromatic carbocycles. The molecule has 0 fully saturated rings. The molecular weight excluding hydrogens is 370 g/mol. The number of nitrogens with zero attached hydrogens (tertiary/aromatic N) is 3. The van der Waals surface area contributed by atoms with E-state index in [1.807, 2.05) is 30.5 Å². The molecular formula is C22H19N3O2S. The Morgan fingerprint density at radius 2 is 1.86 bits per heavy atom. The number of phenolic OH excluding ortho intramolecular Hbond substituents is 2. The minimum Gasteiger partial charge on any atom is -0.508 e. The van der Waals surface area contributed by atoms with E-state index >= 15 is 0 Å². The van der Waals surface area contributed by atoms with Crippen molar-refractivity contribution >= 4 is 28.3 Å². The van der Waals surface area contributed by atoms with Gasteiger partial charge in [-0.25, -0.2) is 4.68 Å². The van der Waals surface area contributed by atoms with E-state index in [0.717, 1.165) is 26.8 Å². The third kappa shape index (κ3) is 3.42. The summed E-state index contributed by atoms with van der Waals surface area (Å²) < 4.78 is 1.79. The molecule has 28 heavy (non-hydrogen) atoms. The average Bonchev–Trinajstić information content (AvgIpc) is 3.09. The third-order valence-corrected chi connectivity index (χ3v) is 5.22. The standard InChI is InChI=1S/C22H19N3O2S/c1-2-23-22-25(24-13-16-10-11-17(26)12-21(16)27)20(14-28-22)19-9-5-7-15-6-3-4-8-18(15)19/h3-14,26-27H,2H2,1H3. The van der Waals surface area contributed by atoms with E-state index < -0.39 is 0 Å². The van der Waals surface area contributed by atoms with Crippen LogP contribution in [0, 0.1) is 0 Å². The van der Waals surface area contributed by atoms with Crippen LogP contribution in [0.5, 0.6) is 11.5 Å². The number of rotatable bonds is 4. The van der Waals surface area contributed by atoms with Crippen LogP contribution in [0.3, 0.4) is 0 Å². The number of aromatic hydroxyl groups is 2. The van der Waals surface area contributed by atoms with Gasteiger partial charge in [-0.2, -0.15) is 5.10 Å². The van der Waals surface area contributed by atoms with E-state index in [9.17, 15) is 10.2 Å². The lowest BCUT2D eigenvalue weighted by molar-refractivity contribution is 0.450. The molecule has 0 aliphatic heterocycles. The van der Waals surface area contributed by atoms with Crippen LogP contribution in [0.1, 0.15) is 12.5 Å². The molecule has 0 unspecified atom stereocenters. The second kappa shape index (κ2) is 7.70. The molecule has 140 valence electrons. The fourth-order valence-corrected chi connectivity index (χ4v) is 3.94. The molecule has 0 aliphatic rings. The summed E-state index contributed by atoms with van der Waals surface area (Å²) in [6.45, 7) is 2.63. The molecule has 4 rings (SSSR count). The Balaban J connectivity index is 1.88. The highest BCUT2D eigenvalue weighted by Crippen LogP contribution is 2.29. The summed E-state index contributed by atoms with van der Waals surface area (Å²) in [5.41, 5.74) is 2.52. The van der Waals surface area contributed by atoms with Gasteiger partial charge in [-0.3, -0.25) is 4.99 Å². The second-order valence-corrected chi connectivity index (χ2v) is 7.04. The van der Waals surface area contributed by atoms with Crippen molar-refractivity contribution in [1.82, 2.24) is 4.68 Å². The molecule has 0 saturated carbocycles. The Labute approximate surface area is 166 Å². The monoisotopic (exact) mass is 389 g/mol. The van der Waals surface area contributed by atoms with Crippen LogP contribution in [0.2, 0.25) is 0 Å². The van der Waals surface area contributed by atoms with E-state index in [1.54, 1.807) is 17.0 Å². The summed E-state index contributed by atoms with van der Waals surface area (Å²) in [6, 6.07) is 18.9. The molecule has 2 N–H and O–H groups in total. The number of fused-ring (bicyclic) bond motifs is 1. The van der Waals surface area contributed by atoms with Crippen LogP contribution >= 0.6 is 11.3 Å². The normalized spacial score (nSPS) is 12.2. The minimum atomic E-state index is -0.0275. The molecule has 0 spiro atoms. The predicted molar refractivity (Wildman–Crippen MR) is 114 cm³/mol. The highest BCUT2D eigenvalue weighted by atomic mass is 32.1. The van der Waals surface area contributed by atoms with Crippen LogP contribution in [0.15, 0.2) is 76.1 Å². The van der Waals surface area contributed by atoms with Crippen molar-refractivity contribution < 1.29 is 10.2 Å². The lowest BCUT2D eigenvalue weighted by atomic mass is 10.0. The average molecular weight is 389 g/mol. The van der Waals surface area contributed by atoms with Crippen LogP contribution in [0.25, 0.3) is 22.0 Å². The number of hydrogen-bond acceptors (Lipinski definition) is 5. The third-order valence-electron chi connectivity index (χ3n) is 4.37. The zero-order chi connectivity index (χ0) is 19.5. The molecule has 1 aromatic heterocycles. The summed E-state index contributed by atoms with van der Waals surface area (Å²) in [7, 11) is 0. The Morgan fingerprint density at radius 1 is 1.04 bits per heavy atom. The van der Waals surface area contributed by atoms with Gasteiger partial charge in [0.1, 0.15) is 11.5 Å². The van der Waals surface area contributed by atoms with Crippen molar-refractivity contribution in [1.29, 1.82) is 0 Å². The number of hydrogen-bond donors (Lipinski definition) is 2. The van der Waals surface area contributed by atoms with Gasteiger partial charge in [-0.05, 0) is 29.8 Å². The lowest BCUT2D eigenvalue weighted by Gasteiger charge is -2.08. The van der Waals surface area contributed by atoms with Crippen molar-refractivity contribution in [2.75, 3.05) is 6.54 Å². The molecule has 0 aliphatic carbocycles. The zero-order valence-electron chi connectivity index (χ0n) is 15.3. The van der Waals surface area contributed by atoms with E-state index in [1.165, 1.54) is 23.5 Å². The summed E-state index contributed by atoms with van der Waals surface area (Å²) in [5.74, 6) is -0.0174. The van der Waals surface area contributed by atoms with E-state index in [4.69, 9.17) is 0 Å². The second-order valence-electron chi connectivity index (χ2n) is 6.20. The molecule has 5 nitrogen and oxygen atoms in total. The molecule has 0 amide bonds. The summed E-state index contributed by atoms with van der Waals surface area (Å²) in [5, 5.41) is 28.5. The van der Waals surface area contributed by atoms with Crippen LogP contribution in [-0.4, -0.2) is 27.6 Å². The minimum absolute atomic E-state index is 0.0101. The largest absolute Gasteiger partial charge is 0.508 e. The maximum atomic E-state index is 10.0. The Kier molecular flexibility index (Phi) is 4.95. The molecule has 0 saturated heterocycles. The fourth-order valence-electron chi connectivity index (χ4n) is 3.05. The quantitative estimate of drug-likeness (QED) is 0.502. The van der Waals surface area contributed by atoms with Crippen LogP contribution in [-0.2, 0) is 0 Å². The molecule has 0 radical (unpaired) electrons. The fraction of sp³-hybridized carbons (Fsp3) is 0.0909. The van der Waals surface area contributed by atoms with E-state index in [2.05, 4.69) is 34.4 Å². The van der Waals surface area contributed by atoms with Crippen molar-refractivity contribution in [2.24, 2.45) is 10.1 Å². The van der Waals surface area contributed by atoms with Crippen molar-refractivity contribution in [2.45, 2.75) is 6.92 Å². The maximum absolute atomic E-state index is 10.0. The summed E-state index contributed by atoms with van der Waals surface area (Å²) in [4.78, 5) is 5.32. The van der Waals surface area contributed by atoms with Crippen molar-refractivity contribution in [3.05, 3.63) is 76.4 Å². The number of phenols is 2. The smallest absolute Gasteiger partial charge is 0.206 e. The van der Waals surface area contributed by atoms with Crippen molar-refractivity contribution in [3.8, 4) is 22.8 Å². The van der Waals surface area contributed by atoms with Gasteiger partial charge in [0, 0.05) is 29.1 Å². The van der Waals surface area contributed by atoms with Gasteiger partial charge in [0.05, 0.1) is 11.9 Å². The molecule has 1 heterocycles. The lowest BCUT2D eigenvalue weighted by Crippen LogP contribution is -2.12. The molecule has 0 atom stereocenters. The first-order chi connectivity index (χ1) is 13.7. The van der Waals surface area contributed by atoms with Gasteiger partial charge in [-0.1, -0.05) is 42.5 Å². The van der Waals surface area contributed by atoms with E-state index in [-0.39, 0.29) is 11.5 Å². The Bertz CT molecular complexity index is 1230. The summed E-state index contributed by atoms with van der Waals surface area (Å²) in [6.07, 6.45) is 1.57. The van der Waals surface area contributed by atoms with Crippen molar-refractivity contribution in [3.63, 3.8) is 0 Å². The SMILES string of the molecule is CCN=c1scc(-c2cccc3ccccc23)n1N=Cc1ccc(O)cc1O. The highest BCUT2D eigenvalue weighted by molar-refractivity contribution is 7.07. The Morgan fingerprint density at radius 3 is 2.68 bits per heavy atom. The van der Waals surface area contributed by atoms with Gasteiger partial charge in [0.25, 0.3) is 0 Å². The van der Waals surface area contributed by atoms with Gasteiger partial charge in [-0.15, -0.1) is 11.3 Å². The zero-order valence-corrected chi connectivity index (χ0v) is 16.1. The first kappa shape index (κ1) is 18.0. The van der Waals surface area contributed by atoms with Gasteiger partial charge >= 0.3 is 0 Å². The first-order valence-electron chi connectivity index (χ1n) is 8.93. The number of aromatic nitrogens is 1. The number of thiazole rings is 1. The van der Waals surface area contributed by atoms with Crippen LogP contribution < -0.4 is 4.80 Å². The first-order valence-corrected chi connectivity index (χ1v) is 9.81. The van der Waals surface area contributed by atoms with E-state index in [0.29, 0.717) is 12.1 Å². The van der Waals surface area contributed by atoms with Gasteiger partial charge in [0.2, 0.25) is 4.80 Å².